The van der Waals surface area contributed by atoms with Gasteiger partial charge in [0.05, 0.1) is 0 Å². The van der Waals surface area contributed by atoms with Gasteiger partial charge in [-0.2, -0.15) is 0 Å². The van der Waals surface area contributed by atoms with E-state index in [1.54, 1.807) is 0 Å². The van der Waals surface area contributed by atoms with Crippen molar-refractivity contribution in [2.75, 3.05) is 26.2 Å². The van der Waals surface area contributed by atoms with Crippen LogP contribution < -0.4 is 5.32 Å². The molecule has 1 N–H and O–H groups in total. The SMILES string of the molecule is CCC1(C)CCN(CCC2CCCN2)CC1. The topological polar surface area (TPSA) is 15.3 Å². The first-order valence-corrected chi connectivity index (χ1v) is 7.18. The molecule has 2 rings (SSSR count). The Balaban J connectivity index is 1.65. The van der Waals surface area contributed by atoms with E-state index in [4.69, 9.17) is 0 Å². The van der Waals surface area contributed by atoms with E-state index in [-0.39, 0.29) is 0 Å². The molecule has 0 aromatic carbocycles. The maximum atomic E-state index is 3.60. The van der Waals surface area contributed by atoms with Crippen LogP contribution >= 0.6 is 0 Å². The summed E-state index contributed by atoms with van der Waals surface area (Å²) < 4.78 is 0. The predicted molar refractivity (Wildman–Crippen MR) is 69.7 cm³/mol. The van der Waals surface area contributed by atoms with Crippen molar-refractivity contribution in [3.8, 4) is 0 Å². The van der Waals surface area contributed by atoms with Crippen molar-refractivity contribution in [3.63, 3.8) is 0 Å². The molecule has 2 fully saturated rings. The van der Waals surface area contributed by atoms with Gasteiger partial charge in [0.1, 0.15) is 0 Å². The van der Waals surface area contributed by atoms with E-state index < -0.39 is 0 Å². The predicted octanol–water partition coefficient (Wildman–Crippen LogP) is 2.64. The molecule has 1 unspecified atom stereocenters. The Bertz CT molecular complexity index is 201. The molecule has 2 heteroatoms. The summed E-state index contributed by atoms with van der Waals surface area (Å²) in [7, 11) is 0. The van der Waals surface area contributed by atoms with Gasteiger partial charge >= 0.3 is 0 Å². The Kier molecular flexibility index (Phi) is 4.26. The maximum absolute atomic E-state index is 3.60. The van der Waals surface area contributed by atoms with Crippen molar-refractivity contribution < 1.29 is 0 Å². The molecule has 0 aliphatic carbocycles. The first-order chi connectivity index (χ1) is 7.72. The van der Waals surface area contributed by atoms with E-state index in [2.05, 4.69) is 24.1 Å². The average Bonchev–Trinajstić information content (AvgIpc) is 2.81. The van der Waals surface area contributed by atoms with E-state index in [9.17, 15) is 0 Å². The van der Waals surface area contributed by atoms with Crippen LogP contribution in [0.15, 0.2) is 0 Å². The van der Waals surface area contributed by atoms with Crippen molar-refractivity contribution in [1.82, 2.24) is 10.2 Å². The second kappa shape index (κ2) is 5.50. The maximum Gasteiger partial charge on any atom is 0.00797 e. The molecule has 1 atom stereocenters. The minimum Gasteiger partial charge on any atom is -0.314 e. The van der Waals surface area contributed by atoms with Gasteiger partial charge < -0.3 is 10.2 Å². The molecule has 2 nitrogen and oxygen atoms in total. The van der Waals surface area contributed by atoms with Crippen molar-refractivity contribution in [3.05, 3.63) is 0 Å². The normalized spacial score (nSPS) is 30.8. The van der Waals surface area contributed by atoms with Crippen LogP contribution in [-0.2, 0) is 0 Å². The number of hydrogen-bond donors (Lipinski definition) is 1. The van der Waals surface area contributed by atoms with Crippen LogP contribution in [0.2, 0.25) is 0 Å². The molecule has 2 heterocycles. The summed E-state index contributed by atoms with van der Waals surface area (Å²) in [5, 5.41) is 3.60. The summed E-state index contributed by atoms with van der Waals surface area (Å²) in [6.07, 6.45) is 8.32. The number of nitrogens with zero attached hydrogens (tertiary/aromatic N) is 1. The molecule has 16 heavy (non-hydrogen) atoms. The lowest BCUT2D eigenvalue weighted by Crippen LogP contribution is -2.40. The van der Waals surface area contributed by atoms with Crippen LogP contribution in [0.5, 0.6) is 0 Å². The molecular weight excluding hydrogens is 196 g/mol. The summed E-state index contributed by atoms with van der Waals surface area (Å²) in [5.41, 5.74) is 0.641. The van der Waals surface area contributed by atoms with Crippen molar-refractivity contribution in [2.45, 2.75) is 58.4 Å². The molecule has 0 aromatic heterocycles. The summed E-state index contributed by atoms with van der Waals surface area (Å²) >= 11 is 0. The third-order valence-corrected chi connectivity index (χ3v) is 4.87. The summed E-state index contributed by atoms with van der Waals surface area (Å²) in [6, 6.07) is 0.819. The fraction of sp³-hybridized carbons (Fsp3) is 1.00. The monoisotopic (exact) mass is 224 g/mol. The highest BCUT2D eigenvalue weighted by Crippen LogP contribution is 2.33. The summed E-state index contributed by atoms with van der Waals surface area (Å²) in [4.78, 5) is 2.68. The molecule has 0 bridgehead atoms. The van der Waals surface area contributed by atoms with Crippen LogP contribution in [0, 0.1) is 5.41 Å². The average molecular weight is 224 g/mol. The Morgan fingerprint density at radius 1 is 1.31 bits per heavy atom. The highest BCUT2D eigenvalue weighted by molar-refractivity contribution is 4.82. The standard InChI is InChI=1S/C14H28N2/c1-3-14(2)7-11-16(12-8-14)10-6-13-5-4-9-15-13/h13,15H,3-12H2,1-2H3. The molecule has 0 spiro atoms. The smallest absolute Gasteiger partial charge is 0.00797 e. The molecule has 2 saturated heterocycles. The fourth-order valence-corrected chi connectivity index (χ4v) is 3.01. The Morgan fingerprint density at radius 3 is 2.62 bits per heavy atom. The van der Waals surface area contributed by atoms with Gasteiger partial charge in [0.15, 0.2) is 0 Å². The van der Waals surface area contributed by atoms with E-state index in [0.29, 0.717) is 5.41 Å². The molecule has 0 radical (unpaired) electrons. The zero-order valence-corrected chi connectivity index (χ0v) is 11.1. The first kappa shape index (κ1) is 12.4. The molecular formula is C14H28N2. The minimum atomic E-state index is 0.641. The number of hydrogen-bond acceptors (Lipinski definition) is 2. The molecule has 0 amide bonds. The largest absolute Gasteiger partial charge is 0.314 e. The van der Waals surface area contributed by atoms with E-state index in [0.717, 1.165) is 6.04 Å². The quantitative estimate of drug-likeness (QED) is 0.790. The van der Waals surface area contributed by atoms with Gasteiger partial charge in [-0.15, -0.1) is 0 Å². The fourth-order valence-electron chi connectivity index (χ4n) is 3.01. The van der Waals surface area contributed by atoms with Crippen LogP contribution in [0.25, 0.3) is 0 Å². The van der Waals surface area contributed by atoms with Crippen LogP contribution in [0.3, 0.4) is 0 Å². The lowest BCUT2D eigenvalue weighted by atomic mass is 9.78. The van der Waals surface area contributed by atoms with Gasteiger partial charge in [-0.1, -0.05) is 20.3 Å². The van der Waals surface area contributed by atoms with Gasteiger partial charge in [-0.3, -0.25) is 0 Å². The van der Waals surface area contributed by atoms with Crippen molar-refractivity contribution in [1.29, 1.82) is 0 Å². The van der Waals surface area contributed by atoms with E-state index in [1.807, 2.05) is 0 Å². The number of rotatable bonds is 4. The zero-order valence-electron chi connectivity index (χ0n) is 11.1. The van der Waals surface area contributed by atoms with Gasteiger partial charge in [0.2, 0.25) is 0 Å². The number of likely N-dealkylation sites (tertiary alicyclic amines) is 1. The zero-order chi connectivity index (χ0) is 11.4. The highest BCUT2D eigenvalue weighted by Gasteiger charge is 2.28. The lowest BCUT2D eigenvalue weighted by molar-refractivity contribution is 0.112. The van der Waals surface area contributed by atoms with Crippen LogP contribution in [-0.4, -0.2) is 37.1 Å². The lowest BCUT2D eigenvalue weighted by Gasteiger charge is -2.39. The summed E-state index contributed by atoms with van der Waals surface area (Å²) in [5.74, 6) is 0. The van der Waals surface area contributed by atoms with Crippen LogP contribution in [0.4, 0.5) is 0 Å². The highest BCUT2D eigenvalue weighted by atomic mass is 15.1. The van der Waals surface area contributed by atoms with Gasteiger partial charge in [-0.25, -0.2) is 0 Å². The van der Waals surface area contributed by atoms with Gasteiger partial charge in [0, 0.05) is 6.04 Å². The van der Waals surface area contributed by atoms with Gasteiger partial charge in [0.25, 0.3) is 0 Å². The Hall–Kier alpha value is -0.0800. The molecule has 94 valence electrons. The Labute approximate surface area is 101 Å². The minimum absolute atomic E-state index is 0.641. The third kappa shape index (κ3) is 3.21. The molecule has 0 aromatic rings. The second-order valence-electron chi connectivity index (χ2n) is 6.09. The molecule has 2 aliphatic heterocycles. The van der Waals surface area contributed by atoms with E-state index >= 15 is 0 Å². The Morgan fingerprint density at radius 2 is 2.06 bits per heavy atom. The molecule has 0 saturated carbocycles. The van der Waals surface area contributed by atoms with E-state index in [1.165, 1.54) is 64.7 Å². The van der Waals surface area contributed by atoms with Crippen molar-refractivity contribution in [2.24, 2.45) is 5.41 Å². The number of piperidine rings is 1. The molecule has 2 aliphatic rings. The van der Waals surface area contributed by atoms with Gasteiger partial charge in [-0.05, 0) is 63.7 Å². The third-order valence-electron chi connectivity index (χ3n) is 4.87. The van der Waals surface area contributed by atoms with Crippen LogP contribution in [0.1, 0.15) is 52.4 Å². The first-order valence-electron chi connectivity index (χ1n) is 7.18. The number of nitrogens with one attached hydrogen (secondary N) is 1. The van der Waals surface area contributed by atoms with Crippen molar-refractivity contribution >= 4 is 0 Å². The summed E-state index contributed by atoms with van der Waals surface area (Å²) in [6.45, 7) is 10.0. The second-order valence-corrected chi connectivity index (χ2v) is 6.09.